The highest BCUT2D eigenvalue weighted by Gasteiger charge is 2.09. The smallest absolute Gasteiger partial charge is 0.251 e. The Morgan fingerprint density at radius 1 is 1.50 bits per heavy atom. The van der Waals surface area contributed by atoms with E-state index in [9.17, 15) is 4.79 Å². The summed E-state index contributed by atoms with van der Waals surface area (Å²) >= 11 is 0. The summed E-state index contributed by atoms with van der Waals surface area (Å²) in [6, 6.07) is 3.62. The Labute approximate surface area is 106 Å². The van der Waals surface area contributed by atoms with Crippen molar-refractivity contribution in [3.8, 4) is 5.82 Å². The van der Waals surface area contributed by atoms with Gasteiger partial charge in [0, 0.05) is 30.2 Å². The summed E-state index contributed by atoms with van der Waals surface area (Å²) in [7, 11) is 0. The second-order valence-electron chi connectivity index (χ2n) is 4.16. The fourth-order valence-corrected chi connectivity index (χ4v) is 1.50. The number of nitrogens with zero attached hydrogens (tertiary/aromatic N) is 3. The summed E-state index contributed by atoms with van der Waals surface area (Å²) < 4.78 is 1.76. The molecule has 0 aliphatic rings. The first-order chi connectivity index (χ1) is 8.70. The van der Waals surface area contributed by atoms with E-state index in [1.54, 1.807) is 41.6 Å². The van der Waals surface area contributed by atoms with Crippen LogP contribution in [0, 0.1) is 0 Å². The van der Waals surface area contributed by atoms with Gasteiger partial charge in [0.25, 0.3) is 5.91 Å². The Morgan fingerprint density at radius 2 is 2.33 bits per heavy atom. The Hall–Kier alpha value is -2.17. The normalized spacial score (nSPS) is 12.1. The summed E-state index contributed by atoms with van der Waals surface area (Å²) in [6.07, 6.45) is 7.65. The molecule has 5 heteroatoms. The summed E-state index contributed by atoms with van der Waals surface area (Å²) in [4.78, 5) is 20.1. The van der Waals surface area contributed by atoms with Crippen molar-refractivity contribution in [3.63, 3.8) is 0 Å². The van der Waals surface area contributed by atoms with Gasteiger partial charge < -0.3 is 5.32 Å². The molecule has 0 aliphatic heterocycles. The van der Waals surface area contributed by atoms with Crippen molar-refractivity contribution in [1.29, 1.82) is 0 Å². The van der Waals surface area contributed by atoms with Crippen LogP contribution >= 0.6 is 0 Å². The number of nitrogens with one attached hydrogen (secondary N) is 1. The van der Waals surface area contributed by atoms with Crippen molar-refractivity contribution in [1.82, 2.24) is 19.9 Å². The second-order valence-corrected chi connectivity index (χ2v) is 4.16. The van der Waals surface area contributed by atoms with E-state index in [0.29, 0.717) is 11.4 Å². The summed E-state index contributed by atoms with van der Waals surface area (Å²) in [6.45, 7) is 4.02. The maximum Gasteiger partial charge on any atom is 0.251 e. The molecular formula is C13H16N4O. The lowest BCUT2D eigenvalue weighted by atomic mass is 10.2. The molecule has 2 aromatic rings. The molecule has 5 nitrogen and oxygen atoms in total. The summed E-state index contributed by atoms with van der Waals surface area (Å²) in [5.41, 5.74) is 0.606. The van der Waals surface area contributed by atoms with Crippen LogP contribution in [0.15, 0.2) is 37.1 Å². The highest BCUT2D eigenvalue weighted by molar-refractivity contribution is 5.94. The van der Waals surface area contributed by atoms with E-state index in [4.69, 9.17) is 0 Å². The quantitative estimate of drug-likeness (QED) is 0.892. The van der Waals surface area contributed by atoms with Gasteiger partial charge in [-0.15, -0.1) is 0 Å². The van der Waals surface area contributed by atoms with E-state index in [2.05, 4.69) is 15.3 Å². The molecule has 0 saturated heterocycles. The van der Waals surface area contributed by atoms with Gasteiger partial charge in [0.1, 0.15) is 12.1 Å². The predicted octanol–water partition coefficient (Wildman–Crippen LogP) is 1.80. The van der Waals surface area contributed by atoms with Crippen molar-refractivity contribution in [2.24, 2.45) is 0 Å². The van der Waals surface area contributed by atoms with Crippen LogP contribution in [0.1, 0.15) is 30.6 Å². The van der Waals surface area contributed by atoms with E-state index in [1.165, 1.54) is 0 Å². The van der Waals surface area contributed by atoms with Crippen molar-refractivity contribution in [2.45, 2.75) is 26.3 Å². The number of amides is 1. The lowest BCUT2D eigenvalue weighted by Crippen LogP contribution is -2.31. The van der Waals surface area contributed by atoms with E-state index in [0.717, 1.165) is 6.42 Å². The first kappa shape index (κ1) is 12.3. The van der Waals surface area contributed by atoms with Gasteiger partial charge in [-0.3, -0.25) is 9.36 Å². The van der Waals surface area contributed by atoms with Gasteiger partial charge in [-0.1, -0.05) is 6.92 Å². The Bertz CT molecular complexity index is 522. The highest BCUT2D eigenvalue weighted by Crippen LogP contribution is 2.07. The zero-order chi connectivity index (χ0) is 13.0. The molecule has 1 amide bonds. The minimum absolute atomic E-state index is 0.0758. The van der Waals surface area contributed by atoms with Gasteiger partial charge in [-0.25, -0.2) is 9.97 Å². The molecule has 0 bridgehead atoms. The van der Waals surface area contributed by atoms with E-state index in [-0.39, 0.29) is 11.9 Å². The average molecular weight is 244 g/mol. The van der Waals surface area contributed by atoms with Crippen molar-refractivity contribution >= 4 is 5.91 Å². The Balaban J connectivity index is 2.20. The van der Waals surface area contributed by atoms with Crippen LogP contribution < -0.4 is 5.32 Å². The number of aromatic nitrogens is 3. The molecular weight excluding hydrogens is 228 g/mol. The maximum atomic E-state index is 12.0. The molecule has 2 heterocycles. The minimum Gasteiger partial charge on any atom is -0.350 e. The number of pyridine rings is 1. The van der Waals surface area contributed by atoms with Crippen LogP contribution in [-0.4, -0.2) is 26.5 Å². The van der Waals surface area contributed by atoms with Crippen LogP contribution in [0.2, 0.25) is 0 Å². The van der Waals surface area contributed by atoms with Crippen LogP contribution in [-0.2, 0) is 0 Å². The van der Waals surface area contributed by atoms with Crippen LogP contribution in [0.4, 0.5) is 0 Å². The van der Waals surface area contributed by atoms with Gasteiger partial charge in [-0.2, -0.15) is 0 Å². The zero-order valence-corrected chi connectivity index (χ0v) is 10.5. The number of hydrogen-bond donors (Lipinski definition) is 1. The third-order valence-corrected chi connectivity index (χ3v) is 2.77. The third kappa shape index (κ3) is 2.74. The topological polar surface area (TPSA) is 59.8 Å². The molecule has 0 unspecified atom stereocenters. The van der Waals surface area contributed by atoms with Gasteiger partial charge in [-0.05, 0) is 25.5 Å². The largest absolute Gasteiger partial charge is 0.350 e. The fraction of sp³-hybridized carbons (Fsp3) is 0.308. The second kappa shape index (κ2) is 5.44. The molecule has 0 radical (unpaired) electrons. The lowest BCUT2D eigenvalue weighted by Gasteiger charge is -2.11. The van der Waals surface area contributed by atoms with Crippen molar-refractivity contribution in [3.05, 3.63) is 42.6 Å². The average Bonchev–Trinajstić information content (AvgIpc) is 2.92. The van der Waals surface area contributed by atoms with Gasteiger partial charge in [0.2, 0.25) is 0 Å². The lowest BCUT2D eigenvalue weighted by molar-refractivity contribution is 0.0939. The van der Waals surface area contributed by atoms with E-state index >= 15 is 0 Å². The molecule has 0 aromatic carbocycles. The number of rotatable bonds is 4. The van der Waals surface area contributed by atoms with E-state index < -0.39 is 0 Å². The molecule has 0 spiro atoms. The highest BCUT2D eigenvalue weighted by atomic mass is 16.1. The Morgan fingerprint density at radius 3 is 3.00 bits per heavy atom. The number of hydrogen-bond acceptors (Lipinski definition) is 3. The van der Waals surface area contributed by atoms with Crippen LogP contribution in [0.25, 0.3) is 5.82 Å². The molecule has 1 atom stereocenters. The van der Waals surface area contributed by atoms with Gasteiger partial charge in [0.05, 0.1) is 0 Å². The van der Waals surface area contributed by atoms with Crippen LogP contribution in [0.5, 0.6) is 0 Å². The monoisotopic (exact) mass is 244 g/mol. The standard InChI is InChI=1S/C13H16N4O/c1-3-10(2)16-13(18)11-4-5-15-12(8-11)17-7-6-14-9-17/h4-10H,3H2,1-2H3,(H,16,18)/t10-/m0/s1. The molecule has 2 aromatic heterocycles. The van der Waals surface area contributed by atoms with Crippen LogP contribution in [0.3, 0.4) is 0 Å². The molecule has 94 valence electrons. The van der Waals surface area contributed by atoms with E-state index in [1.807, 2.05) is 13.8 Å². The van der Waals surface area contributed by atoms with Crippen molar-refractivity contribution < 1.29 is 4.79 Å². The summed E-state index contributed by atoms with van der Waals surface area (Å²) in [5.74, 6) is 0.609. The molecule has 0 aliphatic carbocycles. The molecule has 18 heavy (non-hydrogen) atoms. The summed E-state index contributed by atoms with van der Waals surface area (Å²) in [5, 5.41) is 2.93. The molecule has 0 saturated carbocycles. The van der Waals surface area contributed by atoms with Gasteiger partial charge in [0.15, 0.2) is 0 Å². The SMILES string of the molecule is CC[C@H](C)NC(=O)c1ccnc(-n2ccnc2)c1. The maximum absolute atomic E-state index is 12.0. The molecule has 0 fully saturated rings. The number of carbonyl (C=O) groups is 1. The predicted molar refractivity (Wildman–Crippen MR) is 68.6 cm³/mol. The Kier molecular flexibility index (Phi) is 3.72. The first-order valence-corrected chi connectivity index (χ1v) is 5.96. The van der Waals surface area contributed by atoms with Gasteiger partial charge >= 0.3 is 0 Å². The zero-order valence-electron chi connectivity index (χ0n) is 10.5. The number of imidazole rings is 1. The van der Waals surface area contributed by atoms with Crippen molar-refractivity contribution in [2.75, 3.05) is 0 Å². The molecule has 1 N–H and O–H groups in total. The third-order valence-electron chi connectivity index (χ3n) is 2.77. The fourth-order valence-electron chi connectivity index (χ4n) is 1.50. The molecule has 2 rings (SSSR count). The first-order valence-electron chi connectivity index (χ1n) is 5.96. The minimum atomic E-state index is -0.0758. The number of carbonyl (C=O) groups excluding carboxylic acids is 1.